The largest absolute Gasteiger partial charge is 0.477 e. The zero-order valence-corrected chi connectivity index (χ0v) is 14.1. The van der Waals surface area contributed by atoms with E-state index in [1.807, 2.05) is 0 Å². The first kappa shape index (κ1) is 17.2. The number of aromatic nitrogens is 1. The van der Waals surface area contributed by atoms with Crippen LogP contribution in [0.4, 0.5) is 4.39 Å². The van der Waals surface area contributed by atoms with Gasteiger partial charge in [0.2, 0.25) is 0 Å². The van der Waals surface area contributed by atoms with Crippen LogP contribution in [0.2, 0.25) is 10.0 Å². The van der Waals surface area contributed by atoms with E-state index in [-0.39, 0.29) is 16.3 Å². The van der Waals surface area contributed by atoms with Crippen molar-refractivity contribution in [2.75, 3.05) is 0 Å². The van der Waals surface area contributed by atoms with Crippen molar-refractivity contribution >= 4 is 29.2 Å². The maximum Gasteiger partial charge on any atom is 0.341 e. The van der Waals surface area contributed by atoms with Crippen molar-refractivity contribution < 1.29 is 19.0 Å². The van der Waals surface area contributed by atoms with Crippen molar-refractivity contribution in [2.24, 2.45) is 0 Å². The molecule has 3 rings (SSSR count). The van der Waals surface area contributed by atoms with E-state index in [0.29, 0.717) is 22.0 Å². The smallest absolute Gasteiger partial charge is 0.341 e. The molecule has 0 aliphatic heterocycles. The Bertz CT molecular complexity index is 963. The standard InChI is InChI=1S/C18H10Cl2FNO3/c19-12-3-1-2-4-16(12)25-17-8-15(22-9-11(17)18(23)24)10-5-6-14(21)13(20)7-10/h1-9H,(H,23,24). The third-order valence-corrected chi connectivity index (χ3v) is 3.97. The first-order valence-corrected chi connectivity index (χ1v) is 7.82. The molecule has 126 valence electrons. The van der Waals surface area contributed by atoms with Gasteiger partial charge in [0.1, 0.15) is 22.9 Å². The Hall–Kier alpha value is -2.63. The highest BCUT2D eigenvalue weighted by Crippen LogP contribution is 2.33. The second-order valence-electron chi connectivity index (χ2n) is 5.03. The number of benzene rings is 2. The molecule has 0 fully saturated rings. The van der Waals surface area contributed by atoms with Gasteiger partial charge in [0.05, 0.1) is 15.7 Å². The van der Waals surface area contributed by atoms with Gasteiger partial charge in [0, 0.05) is 17.8 Å². The molecule has 0 amide bonds. The molecule has 0 aliphatic rings. The lowest BCUT2D eigenvalue weighted by molar-refractivity contribution is 0.0693. The van der Waals surface area contributed by atoms with Crippen LogP contribution in [0.3, 0.4) is 0 Å². The summed E-state index contributed by atoms with van der Waals surface area (Å²) in [5.41, 5.74) is 0.776. The minimum atomic E-state index is -1.20. The number of nitrogens with zero attached hydrogens (tertiary/aromatic N) is 1. The van der Waals surface area contributed by atoms with E-state index in [1.54, 1.807) is 24.3 Å². The zero-order chi connectivity index (χ0) is 18.0. The molecule has 4 nitrogen and oxygen atoms in total. The number of carbonyl (C=O) groups is 1. The summed E-state index contributed by atoms with van der Waals surface area (Å²) in [6.07, 6.45) is 1.17. The third-order valence-electron chi connectivity index (χ3n) is 3.37. The number of ether oxygens (including phenoxy) is 1. The second kappa shape index (κ2) is 7.09. The van der Waals surface area contributed by atoms with Crippen LogP contribution >= 0.6 is 23.2 Å². The molecule has 0 atom stereocenters. The normalized spacial score (nSPS) is 10.5. The predicted octanol–water partition coefficient (Wildman–Crippen LogP) is 5.69. The molecule has 0 saturated heterocycles. The number of halogens is 3. The molecular weight excluding hydrogens is 368 g/mol. The summed E-state index contributed by atoms with van der Waals surface area (Å²) < 4.78 is 19.0. The van der Waals surface area contributed by atoms with E-state index in [1.165, 1.54) is 30.5 Å². The number of aromatic carboxylic acids is 1. The molecule has 0 bridgehead atoms. The molecule has 0 saturated carbocycles. The fourth-order valence-electron chi connectivity index (χ4n) is 2.14. The van der Waals surface area contributed by atoms with Gasteiger partial charge in [0.25, 0.3) is 0 Å². The lowest BCUT2D eigenvalue weighted by Gasteiger charge is -2.11. The van der Waals surface area contributed by atoms with Gasteiger partial charge in [-0.3, -0.25) is 4.98 Å². The molecule has 3 aromatic rings. The topological polar surface area (TPSA) is 59.4 Å². The first-order valence-electron chi connectivity index (χ1n) is 7.07. The molecule has 0 aliphatic carbocycles. The summed E-state index contributed by atoms with van der Waals surface area (Å²) in [5.74, 6) is -1.38. The van der Waals surface area contributed by atoms with E-state index in [2.05, 4.69) is 4.98 Å². The van der Waals surface area contributed by atoms with Crippen LogP contribution < -0.4 is 4.74 Å². The molecule has 1 heterocycles. The second-order valence-corrected chi connectivity index (χ2v) is 5.85. The van der Waals surface area contributed by atoms with Gasteiger partial charge in [-0.2, -0.15) is 0 Å². The lowest BCUT2D eigenvalue weighted by atomic mass is 10.1. The van der Waals surface area contributed by atoms with Gasteiger partial charge in [-0.05, 0) is 30.3 Å². The van der Waals surface area contributed by atoms with Crippen LogP contribution in [0, 0.1) is 5.82 Å². The Morgan fingerprint density at radius 1 is 1.04 bits per heavy atom. The minimum Gasteiger partial charge on any atom is -0.477 e. The number of carboxylic acids is 1. The Morgan fingerprint density at radius 3 is 2.48 bits per heavy atom. The highest BCUT2D eigenvalue weighted by Gasteiger charge is 2.16. The van der Waals surface area contributed by atoms with Crippen LogP contribution in [-0.4, -0.2) is 16.1 Å². The van der Waals surface area contributed by atoms with E-state index >= 15 is 0 Å². The summed E-state index contributed by atoms with van der Waals surface area (Å²) in [5, 5.41) is 9.61. The van der Waals surface area contributed by atoms with Crippen LogP contribution in [0.25, 0.3) is 11.3 Å². The van der Waals surface area contributed by atoms with Gasteiger partial charge in [0.15, 0.2) is 0 Å². The molecule has 0 unspecified atom stereocenters. The van der Waals surface area contributed by atoms with E-state index in [0.717, 1.165) is 0 Å². The molecule has 25 heavy (non-hydrogen) atoms. The van der Waals surface area contributed by atoms with Crippen molar-refractivity contribution in [2.45, 2.75) is 0 Å². The van der Waals surface area contributed by atoms with Crippen LogP contribution in [0.5, 0.6) is 11.5 Å². The average Bonchev–Trinajstić information content (AvgIpc) is 2.59. The minimum absolute atomic E-state index is 0.0600. The van der Waals surface area contributed by atoms with E-state index in [4.69, 9.17) is 27.9 Å². The van der Waals surface area contributed by atoms with Gasteiger partial charge in [-0.15, -0.1) is 0 Å². The summed E-state index contributed by atoms with van der Waals surface area (Å²) >= 11 is 11.8. The Labute approximate surface area is 152 Å². The molecule has 0 spiro atoms. The first-order chi connectivity index (χ1) is 12.0. The molecule has 1 N–H and O–H groups in total. The molecule has 0 radical (unpaired) electrons. The van der Waals surface area contributed by atoms with E-state index < -0.39 is 11.8 Å². The van der Waals surface area contributed by atoms with Gasteiger partial charge in [-0.1, -0.05) is 35.3 Å². The summed E-state index contributed by atoms with van der Waals surface area (Å²) in [6, 6.07) is 12.2. The van der Waals surface area contributed by atoms with Crippen LogP contribution in [-0.2, 0) is 0 Å². The Morgan fingerprint density at radius 2 is 1.80 bits per heavy atom. The highest BCUT2D eigenvalue weighted by molar-refractivity contribution is 6.32. The maximum atomic E-state index is 13.3. The lowest BCUT2D eigenvalue weighted by Crippen LogP contribution is -2.02. The number of hydrogen-bond acceptors (Lipinski definition) is 3. The maximum absolute atomic E-state index is 13.3. The summed E-state index contributed by atoms with van der Waals surface area (Å²) in [7, 11) is 0. The quantitative estimate of drug-likeness (QED) is 0.634. The highest BCUT2D eigenvalue weighted by atomic mass is 35.5. The number of pyridine rings is 1. The average molecular weight is 378 g/mol. The Kier molecular flexibility index (Phi) is 4.88. The number of rotatable bonds is 4. The van der Waals surface area contributed by atoms with Crippen molar-refractivity contribution in [3.63, 3.8) is 0 Å². The number of para-hydroxylation sites is 1. The monoisotopic (exact) mass is 377 g/mol. The zero-order valence-electron chi connectivity index (χ0n) is 12.5. The predicted molar refractivity (Wildman–Crippen MR) is 93.1 cm³/mol. The van der Waals surface area contributed by atoms with Crippen molar-refractivity contribution in [3.8, 4) is 22.8 Å². The third kappa shape index (κ3) is 3.73. The van der Waals surface area contributed by atoms with Gasteiger partial charge < -0.3 is 9.84 Å². The molecule has 1 aromatic heterocycles. The number of hydrogen-bond donors (Lipinski definition) is 1. The molecular formula is C18H10Cl2FNO3. The fraction of sp³-hybridized carbons (Fsp3) is 0. The van der Waals surface area contributed by atoms with Crippen molar-refractivity contribution in [1.29, 1.82) is 0 Å². The Balaban J connectivity index is 2.07. The summed E-state index contributed by atoms with van der Waals surface area (Å²) in [4.78, 5) is 15.5. The molecule has 2 aromatic carbocycles. The number of carboxylic acid groups (broad SMARTS) is 1. The van der Waals surface area contributed by atoms with Crippen LogP contribution in [0.15, 0.2) is 54.7 Å². The van der Waals surface area contributed by atoms with Gasteiger partial charge >= 0.3 is 5.97 Å². The van der Waals surface area contributed by atoms with Crippen LogP contribution in [0.1, 0.15) is 10.4 Å². The van der Waals surface area contributed by atoms with Gasteiger partial charge in [-0.25, -0.2) is 9.18 Å². The fourth-order valence-corrected chi connectivity index (χ4v) is 2.50. The summed E-state index contributed by atoms with van der Waals surface area (Å²) in [6.45, 7) is 0. The van der Waals surface area contributed by atoms with Crippen molar-refractivity contribution in [1.82, 2.24) is 4.98 Å². The molecule has 7 heteroatoms. The van der Waals surface area contributed by atoms with Crippen molar-refractivity contribution in [3.05, 3.63) is 76.2 Å². The van der Waals surface area contributed by atoms with E-state index in [9.17, 15) is 14.3 Å². The SMILES string of the molecule is O=C(O)c1cnc(-c2ccc(F)c(Cl)c2)cc1Oc1ccccc1Cl.